The van der Waals surface area contributed by atoms with Crippen molar-refractivity contribution in [2.24, 2.45) is 0 Å². The number of fused-ring (bicyclic) bond motifs is 3. The van der Waals surface area contributed by atoms with E-state index in [1.54, 1.807) is 6.07 Å². The standard InChI is InChI=1S/C20H23NO7/c1-4-11-7-17(25)27-19-12-5-6-20(2,3)28-13(12)8-14(18(11)19)26-10-15(22)21-9-16(23)24/h7-8H,4-6,9-10H2,1-3H3,(H,21,22)(H,23,24)/p-1. The van der Waals surface area contributed by atoms with E-state index in [1.165, 1.54) is 6.07 Å². The molecule has 1 aromatic carbocycles. The molecule has 0 unspecified atom stereocenters. The van der Waals surface area contributed by atoms with E-state index in [2.05, 4.69) is 5.32 Å². The molecule has 1 N–H and O–H groups in total. The third-order valence-corrected chi connectivity index (χ3v) is 4.66. The minimum absolute atomic E-state index is 0.343. The molecule has 28 heavy (non-hydrogen) atoms. The molecular weight excluding hydrogens is 366 g/mol. The van der Waals surface area contributed by atoms with Crippen LogP contribution < -0.4 is 25.5 Å². The summed E-state index contributed by atoms with van der Waals surface area (Å²) in [5.41, 5.74) is 1.11. The quantitative estimate of drug-likeness (QED) is 0.724. The lowest BCUT2D eigenvalue weighted by molar-refractivity contribution is -0.304. The van der Waals surface area contributed by atoms with E-state index < -0.39 is 30.7 Å². The van der Waals surface area contributed by atoms with Crippen molar-refractivity contribution < 1.29 is 28.6 Å². The van der Waals surface area contributed by atoms with Gasteiger partial charge in [0.25, 0.3) is 5.91 Å². The van der Waals surface area contributed by atoms with Crippen LogP contribution in [0.15, 0.2) is 21.3 Å². The molecule has 2 aromatic rings. The molecule has 0 radical (unpaired) electrons. The summed E-state index contributed by atoms with van der Waals surface area (Å²) in [5, 5.41) is 13.3. The number of carboxylic acid groups (broad SMARTS) is 1. The van der Waals surface area contributed by atoms with Crippen molar-refractivity contribution in [3.8, 4) is 11.5 Å². The number of amides is 1. The van der Waals surface area contributed by atoms with Crippen LogP contribution in [-0.2, 0) is 22.4 Å². The second kappa shape index (κ2) is 7.53. The molecule has 1 aliphatic heterocycles. The maximum absolute atomic E-state index is 12.0. The van der Waals surface area contributed by atoms with Crippen molar-refractivity contribution in [3.05, 3.63) is 33.7 Å². The maximum atomic E-state index is 12.0. The Balaban J connectivity index is 2.04. The largest absolute Gasteiger partial charge is 0.548 e. The van der Waals surface area contributed by atoms with E-state index in [4.69, 9.17) is 13.9 Å². The van der Waals surface area contributed by atoms with Gasteiger partial charge in [0.15, 0.2) is 6.61 Å². The maximum Gasteiger partial charge on any atom is 0.336 e. The Morgan fingerprint density at radius 3 is 2.75 bits per heavy atom. The fourth-order valence-electron chi connectivity index (χ4n) is 3.27. The number of carbonyl (C=O) groups excluding carboxylic acids is 2. The lowest BCUT2D eigenvalue weighted by Gasteiger charge is -2.33. The molecule has 0 fully saturated rings. The molecule has 0 atom stereocenters. The summed E-state index contributed by atoms with van der Waals surface area (Å²) in [4.78, 5) is 34.3. The lowest BCUT2D eigenvalue weighted by atomic mass is 9.92. The second-order valence-corrected chi connectivity index (χ2v) is 7.30. The average Bonchev–Trinajstić information content (AvgIpc) is 2.62. The monoisotopic (exact) mass is 388 g/mol. The van der Waals surface area contributed by atoms with Crippen molar-refractivity contribution in [2.45, 2.75) is 45.6 Å². The molecular formula is C20H22NO7-. The number of aliphatic carboxylic acids is 1. The van der Waals surface area contributed by atoms with Crippen molar-refractivity contribution in [3.63, 3.8) is 0 Å². The number of hydrogen-bond donors (Lipinski definition) is 1. The topological polar surface area (TPSA) is 118 Å². The minimum atomic E-state index is -1.39. The third-order valence-electron chi connectivity index (χ3n) is 4.66. The Hall–Kier alpha value is -3.03. The molecule has 8 heteroatoms. The van der Waals surface area contributed by atoms with E-state index >= 15 is 0 Å². The van der Waals surface area contributed by atoms with Gasteiger partial charge in [-0.05, 0) is 38.7 Å². The van der Waals surface area contributed by atoms with E-state index in [0.29, 0.717) is 35.3 Å². The van der Waals surface area contributed by atoms with Crippen LogP contribution in [0.3, 0.4) is 0 Å². The van der Waals surface area contributed by atoms with Crippen LogP contribution in [-0.4, -0.2) is 30.6 Å². The number of ether oxygens (including phenoxy) is 2. The van der Waals surface area contributed by atoms with Gasteiger partial charge in [0.1, 0.15) is 22.7 Å². The first kappa shape index (κ1) is 19.7. The van der Waals surface area contributed by atoms with Gasteiger partial charge in [0.2, 0.25) is 0 Å². The van der Waals surface area contributed by atoms with E-state index in [0.717, 1.165) is 17.5 Å². The average molecular weight is 388 g/mol. The van der Waals surface area contributed by atoms with Gasteiger partial charge in [-0.15, -0.1) is 0 Å². The zero-order valence-corrected chi connectivity index (χ0v) is 16.0. The highest BCUT2D eigenvalue weighted by molar-refractivity contribution is 5.92. The van der Waals surface area contributed by atoms with E-state index in [1.807, 2.05) is 20.8 Å². The molecule has 1 amide bonds. The van der Waals surface area contributed by atoms with Crippen molar-refractivity contribution in [1.29, 1.82) is 0 Å². The Morgan fingerprint density at radius 1 is 1.32 bits per heavy atom. The molecule has 0 bridgehead atoms. The van der Waals surface area contributed by atoms with E-state index in [9.17, 15) is 19.5 Å². The van der Waals surface area contributed by atoms with Gasteiger partial charge in [-0.3, -0.25) is 4.79 Å². The zero-order valence-electron chi connectivity index (χ0n) is 16.0. The molecule has 8 nitrogen and oxygen atoms in total. The van der Waals surface area contributed by atoms with Gasteiger partial charge in [0, 0.05) is 17.7 Å². The van der Waals surface area contributed by atoms with Gasteiger partial charge in [0.05, 0.1) is 17.9 Å². The van der Waals surface area contributed by atoms with Crippen LogP contribution in [0.1, 0.15) is 38.3 Å². The van der Waals surface area contributed by atoms with Crippen molar-refractivity contribution >= 4 is 22.8 Å². The lowest BCUT2D eigenvalue weighted by Crippen LogP contribution is -2.39. The van der Waals surface area contributed by atoms with Crippen LogP contribution in [0.25, 0.3) is 11.0 Å². The number of carboxylic acids is 1. The molecule has 0 spiro atoms. The normalized spacial score (nSPS) is 14.8. The van der Waals surface area contributed by atoms with Crippen molar-refractivity contribution in [1.82, 2.24) is 5.32 Å². The summed E-state index contributed by atoms with van der Waals surface area (Å²) >= 11 is 0. The van der Waals surface area contributed by atoms with Crippen LogP contribution in [0, 0.1) is 0 Å². The number of nitrogens with one attached hydrogen (secondary N) is 1. The van der Waals surface area contributed by atoms with Crippen molar-refractivity contribution in [2.75, 3.05) is 13.2 Å². The number of benzene rings is 1. The fraction of sp³-hybridized carbons (Fsp3) is 0.450. The minimum Gasteiger partial charge on any atom is -0.548 e. The van der Waals surface area contributed by atoms with Crippen LogP contribution in [0.2, 0.25) is 0 Å². The molecule has 0 saturated carbocycles. The van der Waals surface area contributed by atoms with Crippen LogP contribution >= 0.6 is 0 Å². The number of carbonyl (C=O) groups is 2. The van der Waals surface area contributed by atoms with Gasteiger partial charge < -0.3 is 29.1 Å². The zero-order chi connectivity index (χ0) is 20.5. The second-order valence-electron chi connectivity index (χ2n) is 7.30. The first-order valence-corrected chi connectivity index (χ1v) is 9.11. The number of aryl methyl sites for hydroxylation is 2. The van der Waals surface area contributed by atoms with Crippen LogP contribution in [0.5, 0.6) is 11.5 Å². The number of hydrogen-bond acceptors (Lipinski definition) is 7. The third kappa shape index (κ3) is 4.11. The highest BCUT2D eigenvalue weighted by Gasteiger charge is 2.30. The summed E-state index contributed by atoms with van der Waals surface area (Å²) in [6, 6.07) is 3.11. The SMILES string of the molecule is CCc1cc(=O)oc2c3c(cc(OCC(=O)NCC(=O)[O-])c12)OC(C)(C)CC3. The Kier molecular flexibility index (Phi) is 5.31. The Labute approximate surface area is 161 Å². The molecule has 3 rings (SSSR count). The summed E-state index contributed by atoms with van der Waals surface area (Å²) in [6.45, 7) is 4.84. The summed E-state index contributed by atoms with van der Waals surface area (Å²) in [7, 11) is 0. The molecule has 1 aliphatic rings. The summed E-state index contributed by atoms with van der Waals surface area (Å²) in [5.74, 6) is -1.11. The van der Waals surface area contributed by atoms with E-state index in [-0.39, 0.29) is 5.60 Å². The van der Waals surface area contributed by atoms with Gasteiger partial charge >= 0.3 is 5.63 Å². The van der Waals surface area contributed by atoms with Gasteiger partial charge in [-0.2, -0.15) is 0 Å². The summed E-state index contributed by atoms with van der Waals surface area (Å²) < 4.78 is 17.2. The molecule has 150 valence electrons. The molecule has 2 heterocycles. The predicted octanol–water partition coefficient (Wildman–Crippen LogP) is 0.704. The summed E-state index contributed by atoms with van der Waals surface area (Å²) in [6.07, 6.45) is 2.02. The van der Waals surface area contributed by atoms with Gasteiger partial charge in [-0.1, -0.05) is 6.92 Å². The molecule has 0 aliphatic carbocycles. The number of rotatable bonds is 6. The highest BCUT2D eigenvalue weighted by atomic mass is 16.5. The fourth-order valence-corrected chi connectivity index (χ4v) is 3.27. The smallest absolute Gasteiger partial charge is 0.336 e. The molecule has 1 aromatic heterocycles. The van der Waals surface area contributed by atoms with Gasteiger partial charge in [-0.25, -0.2) is 4.79 Å². The first-order valence-electron chi connectivity index (χ1n) is 9.11. The van der Waals surface area contributed by atoms with Crippen LogP contribution in [0.4, 0.5) is 0 Å². The first-order chi connectivity index (χ1) is 13.2. The Bertz CT molecular complexity index is 990. The Morgan fingerprint density at radius 2 is 2.07 bits per heavy atom. The highest BCUT2D eigenvalue weighted by Crippen LogP contribution is 2.42. The molecule has 0 saturated heterocycles. The predicted molar refractivity (Wildman–Crippen MR) is 98.4 cm³/mol.